The molecule has 2 aromatic carbocycles. The summed E-state index contributed by atoms with van der Waals surface area (Å²) in [5, 5.41) is 10.1. The minimum absolute atomic E-state index is 0.00912. The number of phenols is 1. The average molecular weight is 268 g/mol. The quantitative estimate of drug-likeness (QED) is 0.900. The molecule has 104 valence electrons. The Morgan fingerprint density at radius 1 is 1.20 bits per heavy atom. The maximum absolute atomic E-state index is 10.1. The second-order valence-corrected chi connectivity index (χ2v) is 5.40. The molecule has 2 aromatic rings. The van der Waals surface area contributed by atoms with Crippen LogP contribution in [0.15, 0.2) is 48.5 Å². The Balaban J connectivity index is 2.04. The van der Waals surface area contributed by atoms with Crippen molar-refractivity contribution in [3.05, 3.63) is 59.7 Å². The van der Waals surface area contributed by atoms with Crippen molar-refractivity contribution in [2.75, 3.05) is 11.4 Å². The van der Waals surface area contributed by atoms with E-state index in [0.29, 0.717) is 18.3 Å². The van der Waals surface area contributed by atoms with Gasteiger partial charge in [-0.3, -0.25) is 0 Å². The number of nitrogens with two attached hydrogens (primary N) is 1. The Morgan fingerprint density at radius 3 is 2.65 bits per heavy atom. The monoisotopic (exact) mass is 268 g/mol. The SMILES string of the molecule is CC1Cc2ccccc2N1C(CN)c1ccccc1O. The minimum Gasteiger partial charge on any atom is -0.508 e. The number of rotatable bonds is 3. The van der Waals surface area contributed by atoms with E-state index < -0.39 is 0 Å². The van der Waals surface area contributed by atoms with Crippen molar-refractivity contribution in [1.29, 1.82) is 0 Å². The molecule has 0 aromatic heterocycles. The third-order valence-corrected chi connectivity index (χ3v) is 4.11. The summed E-state index contributed by atoms with van der Waals surface area (Å²) in [5.74, 6) is 0.319. The first-order valence-corrected chi connectivity index (χ1v) is 7.06. The number of aromatic hydroxyl groups is 1. The summed E-state index contributed by atoms with van der Waals surface area (Å²) in [6.45, 7) is 2.69. The van der Waals surface area contributed by atoms with E-state index in [0.717, 1.165) is 12.0 Å². The Bertz CT molecular complexity index is 611. The highest BCUT2D eigenvalue weighted by atomic mass is 16.3. The second kappa shape index (κ2) is 5.17. The predicted molar refractivity (Wildman–Crippen MR) is 82.0 cm³/mol. The lowest BCUT2D eigenvalue weighted by molar-refractivity contribution is 0.454. The fourth-order valence-corrected chi connectivity index (χ4v) is 3.22. The Morgan fingerprint density at radius 2 is 1.90 bits per heavy atom. The molecule has 20 heavy (non-hydrogen) atoms. The molecule has 1 aliphatic heterocycles. The third-order valence-electron chi connectivity index (χ3n) is 4.11. The van der Waals surface area contributed by atoms with Gasteiger partial charge in [-0.25, -0.2) is 0 Å². The number of para-hydroxylation sites is 2. The molecule has 1 aliphatic rings. The minimum atomic E-state index is 0.00912. The van der Waals surface area contributed by atoms with Crippen molar-refractivity contribution in [1.82, 2.24) is 0 Å². The summed E-state index contributed by atoms with van der Waals surface area (Å²) in [6.07, 6.45) is 1.03. The second-order valence-electron chi connectivity index (χ2n) is 5.40. The zero-order valence-corrected chi connectivity index (χ0v) is 11.7. The topological polar surface area (TPSA) is 49.5 Å². The van der Waals surface area contributed by atoms with E-state index in [1.54, 1.807) is 6.07 Å². The molecule has 0 saturated carbocycles. The van der Waals surface area contributed by atoms with Gasteiger partial charge in [-0.05, 0) is 31.0 Å². The number of hydrogen-bond donors (Lipinski definition) is 2. The summed E-state index contributed by atoms with van der Waals surface area (Å²) >= 11 is 0. The van der Waals surface area contributed by atoms with Gasteiger partial charge in [-0.2, -0.15) is 0 Å². The van der Waals surface area contributed by atoms with Crippen LogP contribution in [0.5, 0.6) is 5.75 Å². The number of fused-ring (bicyclic) bond motifs is 1. The van der Waals surface area contributed by atoms with E-state index in [1.165, 1.54) is 11.3 Å². The van der Waals surface area contributed by atoms with Crippen LogP contribution in [0.3, 0.4) is 0 Å². The largest absolute Gasteiger partial charge is 0.508 e. The van der Waals surface area contributed by atoms with E-state index in [4.69, 9.17) is 5.73 Å². The van der Waals surface area contributed by atoms with Crippen LogP contribution < -0.4 is 10.6 Å². The highest BCUT2D eigenvalue weighted by Crippen LogP contribution is 2.40. The first-order chi connectivity index (χ1) is 9.72. The van der Waals surface area contributed by atoms with Gasteiger partial charge in [-0.15, -0.1) is 0 Å². The molecule has 2 unspecified atom stereocenters. The predicted octanol–water partition coefficient (Wildman–Crippen LogP) is 2.84. The lowest BCUT2D eigenvalue weighted by atomic mass is 10.0. The first kappa shape index (κ1) is 13.0. The summed E-state index contributed by atoms with van der Waals surface area (Å²) in [6, 6.07) is 16.3. The number of phenolic OH excluding ortho intramolecular Hbond substituents is 1. The lowest BCUT2D eigenvalue weighted by Gasteiger charge is -2.34. The molecular weight excluding hydrogens is 248 g/mol. The van der Waals surface area contributed by atoms with Crippen LogP contribution in [-0.2, 0) is 6.42 Å². The smallest absolute Gasteiger partial charge is 0.120 e. The summed E-state index contributed by atoms with van der Waals surface area (Å²) in [4.78, 5) is 2.34. The van der Waals surface area contributed by atoms with Gasteiger partial charge in [0.1, 0.15) is 5.75 Å². The number of anilines is 1. The molecule has 3 heteroatoms. The van der Waals surface area contributed by atoms with Gasteiger partial charge in [0.25, 0.3) is 0 Å². The van der Waals surface area contributed by atoms with Gasteiger partial charge in [-0.1, -0.05) is 36.4 Å². The molecular formula is C17H20N2O. The Labute approximate surface area is 119 Å². The van der Waals surface area contributed by atoms with Gasteiger partial charge < -0.3 is 15.7 Å². The molecule has 3 N–H and O–H groups in total. The molecule has 0 saturated heterocycles. The Hall–Kier alpha value is -2.00. The van der Waals surface area contributed by atoms with Crippen molar-refractivity contribution in [3.8, 4) is 5.75 Å². The lowest BCUT2D eigenvalue weighted by Crippen LogP contribution is -2.37. The number of nitrogens with zero attached hydrogens (tertiary/aromatic N) is 1. The van der Waals surface area contributed by atoms with Gasteiger partial charge in [0.2, 0.25) is 0 Å². The van der Waals surface area contributed by atoms with Crippen LogP contribution in [-0.4, -0.2) is 17.7 Å². The number of benzene rings is 2. The van der Waals surface area contributed by atoms with Crippen LogP contribution >= 0.6 is 0 Å². The molecule has 1 heterocycles. The van der Waals surface area contributed by atoms with E-state index in [2.05, 4.69) is 36.1 Å². The van der Waals surface area contributed by atoms with Gasteiger partial charge in [0.05, 0.1) is 6.04 Å². The van der Waals surface area contributed by atoms with Crippen LogP contribution in [0.1, 0.15) is 24.1 Å². The van der Waals surface area contributed by atoms with Gasteiger partial charge in [0, 0.05) is 23.8 Å². The Kier molecular flexibility index (Phi) is 3.36. The fraction of sp³-hybridized carbons (Fsp3) is 0.294. The summed E-state index contributed by atoms with van der Waals surface area (Å²) in [5.41, 5.74) is 9.51. The molecule has 0 aliphatic carbocycles. The molecule has 2 atom stereocenters. The highest BCUT2D eigenvalue weighted by molar-refractivity contribution is 5.61. The highest BCUT2D eigenvalue weighted by Gasteiger charge is 2.32. The van der Waals surface area contributed by atoms with E-state index in [9.17, 15) is 5.11 Å². The van der Waals surface area contributed by atoms with Crippen LogP contribution in [0, 0.1) is 0 Å². The summed E-state index contributed by atoms with van der Waals surface area (Å²) < 4.78 is 0. The number of hydrogen-bond acceptors (Lipinski definition) is 3. The van der Waals surface area contributed by atoms with Crippen molar-refractivity contribution < 1.29 is 5.11 Å². The zero-order chi connectivity index (χ0) is 14.1. The fourth-order valence-electron chi connectivity index (χ4n) is 3.22. The molecule has 0 amide bonds. The van der Waals surface area contributed by atoms with Gasteiger partial charge >= 0.3 is 0 Å². The van der Waals surface area contributed by atoms with Crippen molar-refractivity contribution in [2.24, 2.45) is 5.73 Å². The zero-order valence-electron chi connectivity index (χ0n) is 11.7. The molecule has 0 radical (unpaired) electrons. The third kappa shape index (κ3) is 2.04. The van der Waals surface area contributed by atoms with Crippen LogP contribution in [0.4, 0.5) is 5.69 Å². The van der Waals surface area contributed by atoms with E-state index >= 15 is 0 Å². The van der Waals surface area contributed by atoms with Crippen LogP contribution in [0.25, 0.3) is 0 Å². The van der Waals surface area contributed by atoms with Crippen molar-refractivity contribution in [3.63, 3.8) is 0 Å². The van der Waals surface area contributed by atoms with Crippen LogP contribution in [0.2, 0.25) is 0 Å². The average Bonchev–Trinajstić information content (AvgIpc) is 2.78. The van der Waals surface area contributed by atoms with Gasteiger partial charge in [0.15, 0.2) is 0 Å². The van der Waals surface area contributed by atoms with Crippen molar-refractivity contribution >= 4 is 5.69 Å². The summed E-state index contributed by atoms with van der Waals surface area (Å²) in [7, 11) is 0. The molecule has 0 spiro atoms. The van der Waals surface area contributed by atoms with Crippen molar-refractivity contribution in [2.45, 2.75) is 25.4 Å². The molecule has 3 rings (SSSR count). The van der Waals surface area contributed by atoms with E-state index in [-0.39, 0.29) is 6.04 Å². The standard InChI is InChI=1S/C17H20N2O/c1-12-10-13-6-2-4-8-15(13)19(12)16(11-18)14-7-3-5-9-17(14)20/h2-9,12,16,20H,10-11,18H2,1H3. The normalized spacial score (nSPS) is 18.9. The first-order valence-electron chi connectivity index (χ1n) is 7.06. The maximum Gasteiger partial charge on any atom is 0.120 e. The molecule has 0 bridgehead atoms. The maximum atomic E-state index is 10.1. The molecule has 0 fully saturated rings. The van der Waals surface area contributed by atoms with E-state index in [1.807, 2.05) is 18.2 Å². The molecule has 3 nitrogen and oxygen atoms in total.